The number of aromatic nitrogens is 1. The zero-order chi connectivity index (χ0) is 13.3. The van der Waals surface area contributed by atoms with Gasteiger partial charge in [0.05, 0.1) is 5.69 Å². The molecule has 1 aliphatic rings. The average molecular weight is 268 g/mol. The summed E-state index contributed by atoms with van der Waals surface area (Å²) in [6, 6.07) is 0.147. The highest BCUT2D eigenvalue weighted by molar-refractivity contribution is 7.11. The molecule has 0 fully saturated rings. The number of nitrogens with two attached hydrogens (primary N) is 1. The van der Waals surface area contributed by atoms with Gasteiger partial charge in [-0.05, 0) is 24.7 Å². The van der Waals surface area contributed by atoms with Gasteiger partial charge in [0.1, 0.15) is 11.1 Å². The van der Waals surface area contributed by atoms with Gasteiger partial charge in [0, 0.05) is 18.0 Å². The first-order valence-electron chi connectivity index (χ1n) is 6.74. The van der Waals surface area contributed by atoms with E-state index in [1.54, 1.807) is 18.4 Å². The fourth-order valence-electron chi connectivity index (χ4n) is 2.75. The molecule has 3 nitrogen and oxygen atoms in total. The van der Waals surface area contributed by atoms with E-state index >= 15 is 0 Å². The maximum atomic E-state index is 6.28. The maximum Gasteiger partial charge on any atom is 0.122 e. The van der Waals surface area contributed by atoms with E-state index in [0.29, 0.717) is 0 Å². The predicted octanol–water partition coefficient (Wildman–Crippen LogP) is 3.60. The number of ether oxygens (including phenoxy) is 1. The summed E-state index contributed by atoms with van der Waals surface area (Å²) in [5.41, 5.74) is 7.75. The van der Waals surface area contributed by atoms with Gasteiger partial charge < -0.3 is 10.5 Å². The van der Waals surface area contributed by atoms with Gasteiger partial charge in [0.25, 0.3) is 0 Å². The van der Waals surface area contributed by atoms with Crippen molar-refractivity contribution in [3.05, 3.63) is 15.6 Å². The highest BCUT2D eigenvalue weighted by Crippen LogP contribution is 2.43. The number of hydrogen-bond donors (Lipinski definition) is 1. The van der Waals surface area contributed by atoms with Crippen LogP contribution in [0.2, 0.25) is 0 Å². The first kappa shape index (κ1) is 14.0. The second-order valence-electron chi connectivity index (χ2n) is 6.03. The second kappa shape index (κ2) is 5.27. The molecule has 18 heavy (non-hydrogen) atoms. The molecule has 0 aromatic carbocycles. The van der Waals surface area contributed by atoms with E-state index in [4.69, 9.17) is 15.5 Å². The average Bonchev–Trinajstić information content (AvgIpc) is 2.67. The van der Waals surface area contributed by atoms with Crippen LogP contribution < -0.4 is 5.73 Å². The van der Waals surface area contributed by atoms with Crippen LogP contribution in [0.25, 0.3) is 0 Å². The summed E-state index contributed by atoms with van der Waals surface area (Å²) in [4.78, 5) is 6.08. The third-order valence-electron chi connectivity index (χ3n) is 3.61. The van der Waals surface area contributed by atoms with Gasteiger partial charge in [-0.15, -0.1) is 11.3 Å². The molecule has 0 amide bonds. The summed E-state index contributed by atoms with van der Waals surface area (Å²) in [6.45, 7) is 6.72. The lowest BCUT2D eigenvalue weighted by Gasteiger charge is -2.32. The lowest BCUT2D eigenvalue weighted by Crippen LogP contribution is -2.28. The normalized spacial score (nSPS) is 23.7. The second-order valence-corrected chi connectivity index (χ2v) is 7.09. The van der Waals surface area contributed by atoms with Gasteiger partial charge in [-0.1, -0.05) is 27.2 Å². The molecule has 1 heterocycles. The van der Waals surface area contributed by atoms with E-state index in [9.17, 15) is 0 Å². The zero-order valence-corrected chi connectivity index (χ0v) is 12.6. The molecule has 0 spiro atoms. The van der Waals surface area contributed by atoms with E-state index in [1.165, 1.54) is 10.6 Å². The van der Waals surface area contributed by atoms with Crippen LogP contribution in [0.1, 0.15) is 67.8 Å². The molecule has 102 valence electrons. The predicted molar refractivity (Wildman–Crippen MR) is 75.8 cm³/mol. The van der Waals surface area contributed by atoms with Crippen molar-refractivity contribution in [2.45, 2.75) is 58.6 Å². The number of rotatable bonds is 4. The Balaban J connectivity index is 2.28. The third-order valence-corrected chi connectivity index (χ3v) is 4.93. The van der Waals surface area contributed by atoms with Crippen molar-refractivity contribution < 1.29 is 4.74 Å². The van der Waals surface area contributed by atoms with Crippen molar-refractivity contribution in [2.75, 3.05) is 7.11 Å². The van der Waals surface area contributed by atoms with Gasteiger partial charge in [0.15, 0.2) is 0 Å². The van der Waals surface area contributed by atoms with Crippen LogP contribution in [-0.4, -0.2) is 12.1 Å². The monoisotopic (exact) mass is 268 g/mol. The Morgan fingerprint density at radius 3 is 2.89 bits per heavy atom. The van der Waals surface area contributed by atoms with E-state index in [2.05, 4.69) is 20.8 Å². The number of thiazole rings is 1. The molecule has 0 saturated heterocycles. The van der Waals surface area contributed by atoms with Crippen molar-refractivity contribution >= 4 is 11.3 Å². The van der Waals surface area contributed by atoms with E-state index in [1.807, 2.05) is 0 Å². The molecule has 1 aromatic rings. The summed E-state index contributed by atoms with van der Waals surface area (Å²) in [7, 11) is 1.77. The number of methoxy groups -OCH3 is 1. The highest BCUT2D eigenvalue weighted by atomic mass is 32.1. The first-order chi connectivity index (χ1) is 8.46. The number of nitrogens with zero attached hydrogens (tertiary/aromatic N) is 1. The van der Waals surface area contributed by atoms with E-state index < -0.39 is 0 Å². The van der Waals surface area contributed by atoms with Gasteiger partial charge in [-0.3, -0.25) is 0 Å². The largest absolute Gasteiger partial charge is 0.374 e. The van der Waals surface area contributed by atoms with Crippen LogP contribution in [0.5, 0.6) is 0 Å². The summed E-state index contributed by atoms with van der Waals surface area (Å²) in [5, 5.41) is 1.11. The molecule has 0 aliphatic heterocycles. The lowest BCUT2D eigenvalue weighted by atomic mass is 9.77. The molecular weight excluding hydrogens is 244 g/mol. The quantitative estimate of drug-likeness (QED) is 0.907. The molecule has 1 aromatic heterocycles. The van der Waals surface area contributed by atoms with Gasteiger partial charge in [0.2, 0.25) is 0 Å². The molecule has 0 radical (unpaired) electrons. The topological polar surface area (TPSA) is 48.1 Å². The molecule has 1 aliphatic carbocycles. The summed E-state index contributed by atoms with van der Waals surface area (Å²) < 4.78 is 5.55. The zero-order valence-electron chi connectivity index (χ0n) is 11.8. The SMILES string of the molecule is CCCC(OC)c1nc2c(s1)C(N)CC(C)(C)C2. The smallest absolute Gasteiger partial charge is 0.122 e. The molecule has 4 heteroatoms. The van der Waals surface area contributed by atoms with Crippen LogP contribution in [0.4, 0.5) is 0 Å². The van der Waals surface area contributed by atoms with Gasteiger partial charge in [-0.25, -0.2) is 4.98 Å². The minimum absolute atomic E-state index is 0.140. The minimum Gasteiger partial charge on any atom is -0.374 e. The highest BCUT2D eigenvalue weighted by Gasteiger charge is 2.34. The van der Waals surface area contributed by atoms with Crippen LogP contribution in [0.3, 0.4) is 0 Å². The van der Waals surface area contributed by atoms with Crippen LogP contribution in [0.15, 0.2) is 0 Å². The molecule has 0 bridgehead atoms. The van der Waals surface area contributed by atoms with Crippen LogP contribution >= 0.6 is 11.3 Å². The lowest BCUT2D eigenvalue weighted by molar-refractivity contribution is 0.0945. The summed E-state index contributed by atoms with van der Waals surface area (Å²) >= 11 is 1.76. The Kier molecular flexibility index (Phi) is 4.09. The molecule has 2 rings (SSSR count). The van der Waals surface area contributed by atoms with Crippen molar-refractivity contribution in [3.8, 4) is 0 Å². The van der Waals surface area contributed by atoms with Crippen LogP contribution in [-0.2, 0) is 11.2 Å². The summed E-state index contributed by atoms with van der Waals surface area (Å²) in [6.07, 6.45) is 4.37. The Hall–Kier alpha value is -0.450. The molecular formula is C14H24N2OS. The maximum absolute atomic E-state index is 6.28. The van der Waals surface area contributed by atoms with Crippen LogP contribution in [0, 0.1) is 5.41 Å². The van der Waals surface area contributed by atoms with Crippen molar-refractivity contribution in [2.24, 2.45) is 11.1 Å². The first-order valence-corrected chi connectivity index (χ1v) is 7.56. The third kappa shape index (κ3) is 2.76. The Morgan fingerprint density at radius 1 is 1.56 bits per heavy atom. The fourth-order valence-corrected chi connectivity index (χ4v) is 3.95. The Bertz CT molecular complexity index is 414. The van der Waals surface area contributed by atoms with Gasteiger partial charge in [-0.2, -0.15) is 0 Å². The van der Waals surface area contributed by atoms with Crippen molar-refractivity contribution in [1.82, 2.24) is 4.98 Å². The standard InChI is InChI=1S/C14H24N2OS/c1-5-6-11(17-4)13-16-10-8-14(2,3)7-9(15)12(10)18-13/h9,11H,5-8,15H2,1-4H3. The fraction of sp³-hybridized carbons (Fsp3) is 0.786. The van der Waals surface area contributed by atoms with E-state index in [0.717, 1.165) is 30.7 Å². The molecule has 2 unspecified atom stereocenters. The van der Waals surface area contributed by atoms with Crippen molar-refractivity contribution in [3.63, 3.8) is 0 Å². The Morgan fingerprint density at radius 2 is 2.28 bits per heavy atom. The molecule has 2 atom stereocenters. The van der Waals surface area contributed by atoms with Crippen molar-refractivity contribution in [1.29, 1.82) is 0 Å². The Labute approximate surface area is 114 Å². The van der Waals surface area contributed by atoms with E-state index in [-0.39, 0.29) is 17.6 Å². The molecule has 2 N–H and O–H groups in total. The van der Waals surface area contributed by atoms with Gasteiger partial charge >= 0.3 is 0 Å². The minimum atomic E-state index is 0.140. The molecule has 0 saturated carbocycles. The number of fused-ring (bicyclic) bond motifs is 1. The summed E-state index contributed by atoms with van der Waals surface area (Å²) in [5.74, 6) is 0. The number of hydrogen-bond acceptors (Lipinski definition) is 4.